The molecule has 3 unspecified atom stereocenters. The summed E-state index contributed by atoms with van der Waals surface area (Å²) in [5, 5.41) is 3.20. The number of carbonyl (C=O) groups excluding carboxylic acids is 1. The van der Waals surface area contributed by atoms with Gasteiger partial charge in [-0.2, -0.15) is 0 Å². The van der Waals surface area contributed by atoms with Crippen molar-refractivity contribution in [2.75, 3.05) is 7.11 Å². The third kappa shape index (κ3) is 3.14. The third-order valence-corrected chi connectivity index (χ3v) is 4.38. The van der Waals surface area contributed by atoms with Crippen molar-refractivity contribution in [3.05, 3.63) is 65.7 Å². The van der Waals surface area contributed by atoms with E-state index in [1.54, 1.807) is 13.2 Å². The van der Waals surface area contributed by atoms with Crippen molar-refractivity contribution in [3.63, 3.8) is 0 Å². The minimum atomic E-state index is -0.0492. The largest absolute Gasteiger partial charge is 0.497 e. The molecule has 1 saturated carbocycles. The minimum Gasteiger partial charge on any atom is -0.497 e. The molecule has 0 aliphatic heterocycles. The van der Waals surface area contributed by atoms with Crippen LogP contribution in [0.15, 0.2) is 54.6 Å². The second kappa shape index (κ2) is 6.22. The molecule has 22 heavy (non-hydrogen) atoms. The molecular formula is C19H21NO2. The number of hydrogen-bond acceptors (Lipinski definition) is 2. The molecule has 0 spiro atoms. The van der Waals surface area contributed by atoms with E-state index in [0.717, 1.165) is 6.42 Å². The van der Waals surface area contributed by atoms with Gasteiger partial charge in [-0.3, -0.25) is 4.79 Å². The minimum absolute atomic E-state index is 0.0492. The Labute approximate surface area is 131 Å². The zero-order chi connectivity index (χ0) is 15.5. The Hall–Kier alpha value is -2.29. The molecule has 1 fully saturated rings. The smallest absolute Gasteiger partial charge is 0.251 e. The molecule has 0 aromatic heterocycles. The molecule has 0 radical (unpaired) electrons. The van der Waals surface area contributed by atoms with E-state index in [0.29, 0.717) is 23.1 Å². The van der Waals surface area contributed by atoms with Crippen LogP contribution in [-0.4, -0.2) is 13.0 Å². The van der Waals surface area contributed by atoms with Crippen LogP contribution in [-0.2, 0) is 0 Å². The number of benzene rings is 2. The zero-order valence-corrected chi connectivity index (χ0v) is 13.0. The summed E-state index contributed by atoms with van der Waals surface area (Å²) in [4.78, 5) is 12.6. The molecule has 0 bridgehead atoms. The van der Waals surface area contributed by atoms with Gasteiger partial charge in [-0.1, -0.05) is 43.3 Å². The summed E-state index contributed by atoms with van der Waals surface area (Å²) in [6.07, 6.45) is 1.16. The summed E-state index contributed by atoms with van der Waals surface area (Å²) in [6, 6.07) is 17.6. The maximum Gasteiger partial charge on any atom is 0.251 e. The number of rotatable bonds is 5. The Morgan fingerprint density at radius 1 is 1.18 bits per heavy atom. The fourth-order valence-electron chi connectivity index (χ4n) is 2.90. The summed E-state index contributed by atoms with van der Waals surface area (Å²) in [5.41, 5.74) is 1.81. The van der Waals surface area contributed by atoms with E-state index in [-0.39, 0.29) is 11.9 Å². The molecule has 114 valence electrons. The van der Waals surface area contributed by atoms with Crippen LogP contribution in [0.1, 0.15) is 35.3 Å². The number of ether oxygens (including phenoxy) is 1. The second-order valence-electron chi connectivity index (χ2n) is 5.97. The van der Waals surface area contributed by atoms with Crippen LogP contribution in [0.5, 0.6) is 5.75 Å². The summed E-state index contributed by atoms with van der Waals surface area (Å²) in [5.74, 6) is 1.84. The Kier molecular flexibility index (Phi) is 4.14. The van der Waals surface area contributed by atoms with Crippen molar-refractivity contribution >= 4 is 5.91 Å². The van der Waals surface area contributed by atoms with Gasteiger partial charge in [0, 0.05) is 5.56 Å². The van der Waals surface area contributed by atoms with E-state index in [2.05, 4.69) is 24.4 Å². The van der Waals surface area contributed by atoms with Crippen LogP contribution in [0.4, 0.5) is 0 Å². The van der Waals surface area contributed by atoms with Gasteiger partial charge in [0.15, 0.2) is 0 Å². The van der Waals surface area contributed by atoms with Crippen LogP contribution >= 0.6 is 0 Å². The van der Waals surface area contributed by atoms with Crippen LogP contribution in [0, 0.1) is 11.8 Å². The molecule has 2 aromatic rings. The fourth-order valence-corrected chi connectivity index (χ4v) is 2.90. The van der Waals surface area contributed by atoms with E-state index in [1.165, 1.54) is 5.56 Å². The Bertz CT molecular complexity index is 653. The molecule has 1 aliphatic carbocycles. The number of hydrogen-bond donors (Lipinski definition) is 1. The van der Waals surface area contributed by atoms with Crippen LogP contribution in [0.25, 0.3) is 0 Å². The van der Waals surface area contributed by atoms with Crippen molar-refractivity contribution < 1.29 is 9.53 Å². The average molecular weight is 295 g/mol. The Morgan fingerprint density at radius 3 is 2.55 bits per heavy atom. The molecule has 3 heteroatoms. The molecular weight excluding hydrogens is 274 g/mol. The highest BCUT2D eigenvalue weighted by atomic mass is 16.5. The molecule has 1 aliphatic rings. The monoisotopic (exact) mass is 295 g/mol. The van der Waals surface area contributed by atoms with Gasteiger partial charge >= 0.3 is 0 Å². The van der Waals surface area contributed by atoms with E-state index >= 15 is 0 Å². The van der Waals surface area contributed by atoms with Crippen molar-refractivity contribution in [3.8, 4) is 5.75 Å². The number of carbonyl (C=O) groups is 1. The van der Waals surface area contributed by atoms with Gasteiger partial charge < -0.3 is 10.1 Å². The van der Waals surface area contributed by atoms with Crippen LogP contribution < -0.4 is 10.1 Å². The quantitative estimate of drug-likeness (QED) is 0.910. The number of nitrogens with one attached hydrogen (secondary N) is 1. The molecule has 3 nitrogen and oxygen atoms in total. The average Bonchev–Trinajstić information content (AvgIpc) is 3.29. The molecule has 1 N–H and O–H groups in total. The molecule has 1 amide bonds. The lowest BCUT2D eigenvalue weighted by Gasteiger charge is -2.19. The zero-order valence-electron chi connectivity index (χ0n) is 13.0. The molecule has 3 rings (SSSR count). The van der Waals surface area contributed by atoms with E-state index in [1.807, 2.05) is 36.4 Å². The van der Waals surface area contributed by atoms with Gasteiger partial charge in [-0.25, -0.2) is 0 Å². The lowest BCUT2D eigenvalue weighted by atomic mass is 10.0. The lowest BCUT2D eigenvalue weighted by molar-refractivity contribution is 0.0930. The summed E-state index contributed by atoms with van der Waals surface area (Å²) >= 11 is 0. The maximum atomic E-state index is 12.6. The standard InChI is InChI=1S/C19H21NO2/c1-13-11-17(13)18(14-7-4-3-5-8-14)20-19(21)15-9-6-10-16(12-15)22-2/h3-10,12-13,17-18H,11H2,1-2H3,(H,20,21). The van der Waals surface area contributed by atoms with Crippen molar-refractivity contribution in [2.45, 2.75) is 19.4 Å². The van der Waals surface area contributed by atoms with Gasteiger partial charge in [0.05, 0.1) is 13.2 Å². The van der Waals surface area contributed by atoms with Crippen LogP contribution in [0.2, 0.25) is 0 Å². The first-order valence-electron chi connectivity index (χ1n) is 7.69. The Morgan fingerprint density at radius 2 is 1.91 bits per heavy atom. The first kappa shape index (κ1) is 14.6. The molecule has 2 aromatic carbocycles. The topological polar surface area (TPSA) is 38.3 Å². The van der Waals surface area contributed by atoms with E-state index in [4.69, 9.17) is 4.74 Å². The lowest BCUT2D eigenvalue weighted by Crippen LogP contribution is -2.30. The van der Waals surface area contributed by atoms with Gasteiger partial charge in [-0.05, 0) is 42.0 Å². The highest BCUT2D eigenvalue weighted by molar-refractivity contribution is 5.94. The summed E-state index contributed by atoms with van der Waals surface area (Å²) in [6.45, 7) is 2.23. The second-order valence-corrected chi connectivity index (χ2v) is 5.97. The summed E-state index contributed by atoms with van der Waals surface area (Å²) < 4.78 is 5.19. The normalized spacial score (nSPS) is 21.0. The number of amides is 1. The van der Waals surface area contributed by atoms with Gasteiger partial charge in [0.2, 0.25) is 0 Å². The third-order valence-electron chi connectivity index (χ3n) is 4.38. The predicted octanol–water partition coefficient (Wildman–Crippen LogP) is 3.82. The predicted molar refractivity (Wildman–Crippen MR) is 86.9 cm³/mol. The highest BCUT2D eigenvalue weighted by Gasteiger charge is 2.40. The van der Waals surface area contributed by atoms with Crippen molar-refractivity contribution in [1.29, 1.82) is 0 Å². The first-order valence-corrected chi connectivity index (χ1v) is 7.69. The molecule has 3 atom stereocenters. The number of methoxy groups -OCH3 is 1. The van der Waals surface area contributed by atoms with Crippen molar-refractivity contribution in [1.82, 2.24) is 5.32 Å². The van der Waals surface area contributed by atoms with Gasteiger partial charge in [0.25, 0.3) is 5.91 Å². The fraction of sp³-hybridized carbons (Fsp3) is 0.316. The maximum absolute atomic E-state index is 12.6. The van der Waals surface area contributed by atoms with E-state index in [9.17, 15) is 4.79 Å². The molecule has 0 saturated heterocycles. The molecule has 0 heterocycles. The van der Waals surface area contributed by atoms with Crippen LogP contribution in [0.3, 0.4) is 0 Å². The van der Waals surface area contributed by atoms with Gasteiger partial charge in [-0.15, -0.1) is 0 Å². The van der Waals surface area contributed by atoms with Gasteiger partial charge in [0.1, 0.15) is 5.75 Å². The SMILES string of the molecule is COc1cccc(C(=O)NC(c2ccccc2)C2CC2C)c1. The highest BCUT2D eigenvalue weighted by Crippen LogP contribution is 2.47. The van der Waals surface area contributed by atoms with E-state index < -0.39 is 0 Å². The van der Waals surface area contributed by atoms with Crippen molar-refractivity contribution in [2.24, 2.45) is 11.8 Å². The summed E-state index contributed by atoms with van der Waals surface area (Å²) in [7, 11) is 1.61. The first-order chi connectivity index (χ1) is 10.7. The Balaban J connectivity index is 1.80.